The molecular weight excluding hydrogens is 400 g/mol. The number of nitrogens with one attached hydrogen (secondary N) is 2. The van der Waals surface area contributed by atoms with Gasteiger partial charge in [-0.1, -0.05) is 35.3 Å². The van der Waals surface area contributed by atoms with E-state index in [9.17, 15) is 9.18 Å². The molecule has 0 spiro atoms. The van der Waals surface area contributed by atoms with Crippen LogP contribution in [0.5, 0.6) is 0 Å². The van der Waals surface area contributed by atoms with Crippen molar-refractivity contribution >= 4 is 40.6 Å². The van der Waals surface area contributed by atoms with Crippen LogP contribution in [-0.2, 0) is 12.8 Å². The van der Waals surface area contributed by atoms with Crippen molar-refractivity contribution in [3.8, 4) is 0 Å². The van der Waals surface area contributed by atoms with Crippen LogP contribution in [0.2, 0.25) is 10.0 Å². The van der Waals surface area contributed by atoms with Gasteiger partial charge in [-0.25, -0.2) is 9.37 Å². The lowest BCUT2D eigenvalue weighted by Gasteiger charge is -2.13. The van der Waals surface area contributed by atoms with Crippen LogP contribution in [0, 0.1) is 5.82 Å². The number of anilines is 2. The van der Waals surface area contributed by atoms with Crippen LogP contribution < -0.4 is 10.6 Å². The van der Waals surface area contributed by atoms with Crippen LogP contribution in [0.4, 0.5) is 15.9 Å². The summed E-state index contributed by atoms with van der Waals surface area (Å²) in [6, 6.07) is 14.8. The molecule has 2 aromatic carbocycles. The Hall–Kier alpha value is -2.63. The lowest BCUT2D eigenvalue weighted by Crippen LogP contribution is -2.35. The zero-order valence-corrected chi connectivity index (χ0v) is 16.2. The number of nitrogens with zero attached hydrogens (tertiary/aromatic N) is 1. The maximum Gasteiger partial charge on any atom is 0.270 e. The molecule has 0 saturated carbocycles. The van der Waals surface area contributed by atoms with Crippen molar-refractivity contribution in [2.24, 2.45) is 0 Å². The Morgan fingerprint density at radius 2 is 1.82 bits per heavy atom. The molecule has 1 atom stereocenters. The number of hydrogen-bond donors (Lipinski definition) is 2. The monoisotopic (exact) mass is 415 g/mol. The molecule has 0 fully saturated rings. The predicted octanol–water partition coefficient (Wildman–Crippen LogP) is 5.17. The first-order valence-electron chi connectivity index (χ1n) is 8.74. The van der Waals surface area contributed by atoms with E-state index in [1.54, 1.807) is 18.2 Å². The minimum atomic E-state index is -0.370. The van der Waals surface area contributed by atoms with Crippen LogP contribution in [-0.4, -0.2) is 16.9 Å². The van der Waals surface area contributed by atoms with Gasteiger partial charge in [0, 0.05) is 21.8 Å². The van der Waals surface area contributed by atoms with Gasteiger partial charge in [-0.05, 0) is 66.4 Å². The second kappa shape index (κ2) is 7.78. The van der Waals surface area contributed by atoms with E-state index >= 15 is 0 Å². The van der Waals surface area contributed by atoms with Crippen molar-refractivity contribution in [3.63, 3.8) is 0 Å². The summed E-state index contributed by atoms with van der Waals surface area (Å²) in [4.78, 5) is 17.0. The van der Waals surface area contributed by atoms with E-state index in [1.807, 2.05) is 18.2 Å². The van der Waals surface area contributed by atoms with Crippen LogP contribution >= 0.6 is 23.2 Å². The number of hydrogen-bond acceptors (Lipinski definition) is 3. The molecule has 4 nitrogen and oxygen atoms in total. The summed E-state index contributed by atoms with van der Waals surface area (Å²) < 4.78 is 13.4. The smallest absolute Gasteiger partial charge is 0.270 e. The maximum atomic E-state index is 13.4. The molecule has 0 radical (unpaired) electrons. The van der Waals surface area contributed by atoms with E-state index in [2.05, 4.69) is 15.6 Å². The molecule has 1 aromatic heterocycles. The van der Waals surface area contributed by atoms with Crippen molar-refractivity contribution in [1.29, 1.82) is 0 Å². The number of carbonyl (C=O) groups excluding carboxylic acids is 1. The summed E-state index contributed by atoms with van der Waals surface area (Å²) >= 11 is 12.2. The largest absolute Gasteiger partial charge is 0.347 e. The van der Waals surface area contributed by atoms with Gasteiger partial charge in [0.1, 0.15) is 17.3 Å². The first-order valence-corrected chi connectivity index (χ1v) is 9.50. The number of halogens is 3. The van der Waals surface area contributed by atoms with Crippen LogP contribution in [0.15, 0.2) is 54.6 Å². The molecule has 2 N–H and O–H groups in total. The standard InChI is InChI=1S/C21H16Cl2FN3O/c22-14-5-4-12-7-18(8-13(12)6-14)26-21(28)19-9-15(23)10-20(27-19)25-17-3-1-2-16(24)11-17/h1-6,9-11,18H,7-8H2,(H,25,27)(H,26,28). The van der Waals surface area contributed by atoms with Crippen LogP contribution in [0.3, 0.4) is 0 Å². The van der Waals surface area contributed by atoms with E-state index < -0.39 is 0 Å². The first kappa shape index (κ1) is 18.7. The molecule has 0 saturated heterocycles. The zero-order valence-electron chi connectivity index (χ0n) is 14.7. The summed E-state index contributed by atoms with van der Waals surface area (Å²) in [6.07, 6.45) is 1.46. The number of rotatable bonds is 4. The van der Waals surface area contributed by atoms with Gasteiger partial charge in [-0.3, -0.25) is 4.79 Å². The van der Waals surface area contributed by atoms with Gasteiger partial charge in [-0.2, -0.15) is 0 Å². The second-order valence-corrected chi connectivity index (χ2v) is 7.56. The number of fused-ring (bicyclic) bond motifs is 1. The molecule has 3 aromatic rings. The minimum Gasteiger partial charge on any atom is -0.347 e. The SMILES string of the molecule is O=C(NC1Cc2ccc(Cl)cc2C1)c1cc(Cl)cc(Nc2cccc(F)c2)n1. The Morgan fingerprint density at radius 3 is 2.64 bits per heavy atom. The first-order chi connectivity index (χ1) is 13.5. The average molecular weight is 416 g/mol. The summed E-state index contributed by atoms with van der Waals surface area (Å²) in [7, 11) is 0. The minimum absolute atomic E-state index is 0.0265. The van der Waals surface area contributed by atoms with Crippen molar-refractivity contribution in [2.75, 3.05) is 5.32 Å². The predicted molar refractivity (Wildman–Crippen MR) is 109 cm³/mol. The molecule has 1 amide bonds. The quantitative estimate of drug-likeness (QED) is 0.617. The molecule has 7 heteroatoms. The van der Waals surface area contributed by atoms with Gasteiger partial charge in [0.2, 0.25) is 0 Å². The highest BCUT2D eigenvalue weighted by molar-refractivity contribution is 6.31. The van der Waals surface area contributed by atoms with Crippen molar-refractivity contribution < 1.29 is 9.18 Å². The van der Waals surface area contributed by atoms with Crippen molar-refractivity contribution in [3.05, 3.63) is 87.3 Å². The third-order valence-corrected chi connectivity index (χ3v) is 5.01. The highest BCUT2D eigenvalue weighted by atomic mass is 35.5. The van der Waals surface area contributed by atoms with E-state index in [0.29, 0.717) is 21.6 Å². The van der Waals surface area contributed by atoms with E-state index in [0.717, 1.165) is 18.4 Å². The van der Waals surface area contributed by atoms with Gasteiger partial charge < -0.3 is 10.6 Å². The molecular formula is C21H16Cl2FN3O. The third kappa shape index (κ3) is 4.26. The fourth-order valence-electron chi connectivity index (χ4n) is 3.34. The highest BCUT2D eigenvalue weighted by Gasteiger charge is 2.24. The number of carbonyl (C=O) groups is 1. The molecule has 1 aliphatic carbocycles. The van der Waals surface area contributed by atoms with E-state index in [1.165, 1.54) is 23.8 Å². The van der Waals surface area contributed by atoms with E-state index in [4.69, 9.17) is 23.2 Å². The Bertz CT molecular complexity index is 1060. The van der Waals surface area contributed by atoms with Gasteiger partial charge in [-0.15, -0.1) is 0 Å². The zero-order chi connectivity index (χ0) is 19.7. The Kier molecular flexibility index (Phi) is 5.20. The van der Waals surface area contributed by atoms with Gasteiger partial charge in [0.15, 0.2) is 0 Å². The summed E-state index contributed by atoms with van der Waals surface area (Å²) in [5, 5.41) is 7.01. The number of pyridine rings is 1. The van der Waals surface area contributed by atoms with Gasteiger partial charge in [0.05, 0.1) is 0 Å². The molecule has 28 heavy (non-hydrogen) atoms. The van der Waals surface area contributed by atoms with Gasteiger partial charge in [0.25, 0.3) is 5.91 Å². The van der Waals surface area contributed by atoms with E-state index in [-0.39, 0.29) is 23.5 Å². The maximum absolute atomic E-state index is 13.4. The van der Waals surface area contributed by atoms with Crippen molar-refractivity contribution in [2.45, 2.75) is 18.9 Å². The summed E-state index contributed by atoms with van der Waals surface area (Å²) in [6.45, 7) is 0. The Morgan fingerprint density at radius 1 is 1.00 bits per heavy atom. The normalized spacial score (nSPS) is 15.2. The summed E-state index contributed by atoms with van der Waals surface area (Å²) in [5.74, 6) is -0.315. The Labute approximate surface area is 171 Å². The summed E-state index contributed by atoms with van der Waals surface area (Å²) in [5.41, 5.74) is 3.04. The lowest BCUT2D eigenvalue weighted by atomic mass is 10.1. The number of amides is 1. The molecule has 4 rings (SSSR count). The second-order valence-electron chi connectivity index (χ2n) is 6.68. The fourth-order valence-corrected chi connectivity index (χ4v) is 3.74. The molecule has 0 bridgehead atoms. The van der Waals surface area contributed by atoms with Crippen LogP contribution in [0.1, 0.15) is 21.6 Å². The highest BCUT2D eigenvalue weighted by Crippen LogP contribution is 2.26. The molecule has 1 unspecified atom stereocenters. The lowest BCUT2D eigenvalue weighted by molar-refractivity contribution is 0.0933. The molecule has 1 heterocycles. The Balaban J connectivity index is 1.48. The molecule has 0 aliphatic heterocycles. The van der Waals surface area contributed by atoms with Crippen LogP contribution in [0.25, 0.3) is 0 Å². The number of benzene rings is 2. The molecule has 142 valence electrons. The molecule has 1 aliphatic rings. The van der Waals surface area contributed by atoms with Crippen molar-refractivity contribution in [1.82, 2.24) is 10.3 Å². The fraction of sp³-hybridized carbons (Fsp3) is 0.143. The third-order valence-electron chi connectivity index (χ3n) is 4.56. The topological polar surface area (TPSA) is 54.0 Å². The average Bonchev–Trinajstić information content (AvgIpc) is 3.02. The number of aromatic nitrogens is 1. The van der Waals surface area contributed by atoms with Gasteiger partial charge >= 0.3 is 0 Å².